The maximum absolute atomic E-state index is 11.1. The molecule has 0 radical (unpaired) electrons. The molecule has 0 saturated heterocycles. The average molecular weight is 167 g/mol. The zero-order valence-corrected chi connectivity index (χ0v) is 6.88. The van der Waals surface area contributed by atoms with E-state index in [4.69, 9.17) is 4.74 Å². The first-order valence-electron chi connectivity index (χ1n) is 3.42. The van der Waals surface area contributed by atoms with Crippen LogP contribution in [-0.2, 0) is 0 Å². The van der Waals surface area contributed by atoms with Gasteiger partial charge in [0.05, 0.1) is 7.11 Å². The maximum atomic E-state index is 11.1. The lowest BCUT2D eigenvalue weighted by Crippen LogP contribution is -2.10. The highest BCUT2D eigenvalue weighted by Gasteiger charge is 2.06. The van der Waals surface area contributed by atoms with Crippen LogP contribution in [-0.4, -0.2) is 18.4 Å². The molecule has 64 valence electrons. The van der Waals surface area contributed by atoms with Gasteiger partial charge in [0.15, 0.2) is 12.0 Å². The first kappa shape index (κ1) is 8.52. The Labute approximate surface area is 69.2 Å². The second-order valence-corrected chi connectivity index (χ2v) is 2.38. The highest BCUT2D eigenvalue weighted by atomic mass is 16.5. The van der Waals surface area contributed by atoms with Crippen molar-refractivity contribution in [3.63, 3.8) is 0 Å². The van der Waals surface area contributed by atoms with Crippen molar-refractivity contribution in [2.24, 2.45) is 0 Å². The molecule has 1 rings (SSSR count). The first-order valence-corrected chi connectivity index (χ1v) is 3.42. The van der Waals surface area contributed by atoms with Crippen LogP contribution >= 0.6 is 0 Å². The normalized spacial score (nSPS) is 9.50. The van der Waals surface area contributed by atoms with Crippen LogP contribution < -0.4 is 10.2 Å². The topological polar surface area (TPSA) is 59.2 Å². The van der Waals surface area contributed by atoms with E-state index in [9.17, 15) is 9.59 Å². The van der Waals surface area contributed by atoms with E-state index in [1.165, 1.54) is 13.2 Å². The molecule has 1 N–H and O–H groups in total. The number of hydrogen-bond acceptors (Lipinski definition) is 3. The number of carbonyl (C=O) groups is 1. The van der Waals surface area contributed by atoms with Crippen LogP contribution in [0.3, 0.4) is 0 Å². The summed E-state index contributed by atoms with van der Waals surface area (Å²) in [6.45, 7) is 1.70. The molecule has 12 heavy (non-hydrogen) atoms. The van der Waals surface area contributed by atoms with Gasteiger partial charge in [-0.1, -0.05) is 0 Å². The molecule has 0 bridgehead atoms. The van der Waals surface area contributed by atoms with Crippen molar-refractivity contribution in [2.45, 2.75) is 6.92 Å². The second-order valence-electron chi connectivity index (χ2n) is 2.38. The van der Waals surface area contributed by atoms with Crippen LogP contribution in [0.4, 0.5) is 0 Å². The number of rotatable bonds is 2. The smallest absolute Gasteiger partial charge is 0.224 e. The maximum Gasteiger partial charge on any atom is 0.224 e. The van der Waals surface area contributed by atoms with Gasteiger partial charge in [-0.25, -0.2) is 0 Å². The van der Waals surface area contributed by atoms with E-state index in [2.05, 4.69) is 4.98 Å². The Bertz CT molecular complexity index is 354. The van der Waals surface area contributed by atoms with Crippen LogP contribution in [0.25, 0.3) is 0 Å². The molecule has 1 heterocycles. The molecule has 0 unspecified atom stereocenters. The minimum Gasteiger partial charge on any atom is -0.491 e. The summed E-state index contributed by atoms with van der Waals surface area (Å²) in [6, 6.07) is 1.38. The Morgan fingerprint density at radius 3 is 2.75 bits per heavy atom. The molecule has 0 atom stereocenters. The number of aryl methyl sites for hydroxylation is 1. The lowest BCUT2D eigenvalue weighted by Gasteiger charge is -2.02. The molecule has 0 amide bonds. The van der Waals surface area contributed by atoms with E-state index in [-0.39, 0.29) is 16.9 Å². The van der Waals surface area contributed by atoms with Crippen molar-refractivity contribution < 1.29 is 9.53 Å². The Hall–Kier alpha value is -1.58. The Morgan fingerprint density at radius 1 is 1.58 bits per heavy atom. The van der Waals surface area contributed by atoms with Gasteiger partial charge in [0.2, 0.25) is 5.43 Å². The fourth-order valence-electron chi connectivity index (χ4n) is 0.994. The van der Waals surface area contributed by atoms with Crippen LogP contribution in [0.1, 0.15) is 16.2 Å². The van der Waals surface area contributed by atoms with Gasteiger partial charge in [-0.15, -0.1) is 0 Å². The number of ether oxygens (including phenoxy) is 1. The zero-order valence-electron chi connectivity index (χ0n) is 6.88. The lowest BCUT2D eigenvalue weighted by molar-refractivity contribution is 0.111. The number of pyridine rings is 1. The molecule has 1 aromatic heterocycles. The molecule has 0 fully saturated rings. The van der Waals surface area contributed by atoms with Crippen LogP contribution in [0, 0.1) is 6.92 Å². The molecule has 4 nitrogen and oxygen atoms in total. The number of aromatic amines is 1. The third-order valence-electron chi connectivity index (χ3n) is 1.47. The molecule has 4 heteroatoms. The van der Waals surface area contributed by atoms with Gasteiger partial charge in [0.25, 0.3) is 0 Å². The predicted molar refractivity (Wildman–Crippen MR) is 43.7 cm³/mol. The van der Waals surface area contributed by atoms with E-state index in [1.54, 1.807) is 6.92 Å². The van der Waals surface area contributed by atoms with Gasteiger partial charge in [0.1, 0.15) is 5.69 Å². The van der Waals surface area contributed by atoms with Crippen molar-refractivity contribution in [2.75, 3.05) is 7.11 Å². The number of aromatic nitrogens is 1. The quantitative estimate of drug-likeness (QED) is 0.652. The summed E-state index contributed by atoms with van der Waals surface area (Å²) in [5, 5.41) is 0. The first-order chi connectivity index (χ1) is 5.69. The van der Waals surface area contributed by atoms with Crippen LogP contribution in [0.15, 0.2) is 10.9 Å². The molecule has 0 aliphatic carbocycles. The monoisotopic (exact) mass is 167 g/mol. The number of methoxy groups -OCH3 is 1. The summed E-state index contributed by atoms with van der Waals surface area (Å²) in [5.74, 6) is 0.0654. The van der Waals surface area contributed by atoms with Crippen molar-refractivity contribution in [3.05, 3.63) is 27.7 Å². The van der Waals surface area contributed by atoms with Gasteiger partial charge in [-0.05, 0) is 6.92 Å². The summed E-state index contributed by atoms with van der Waals surface area (Å²) in [5.41, 5.74) is 0.543. The highest BCUT2D eigenvalue weighted by Crippen LogP contribution is 2.07. The molecule has 0 aliphatic heterocycles. The van der Waals surface area contributed by atoms with Crippen molar-refractivity contribution in [1.82, 2.24) is 4.98 Å². The van der Waals surface area contributed by atoms with Crippen molar-refractivity contribution in [3.8, 4) is 5.75 Å². The summed E-state index contributed by atoms with van der Waals surface area (Å²) < 4.78 is 4.75. The molecule has 0 saturated carbocycles. The number of nitrogens with one attached hydrogen (secondary N) is 1. The summed E-state index contributed by atoms with van der Waals surface area (Å²) in [7, 11) is 1.35. The van der Waals surface area contributed by atoms with Gasteiger partial charge in [-0.3, -0.25) is 9.59 Å². The largest absolute Gasteiger partial charge is 0.491 e. The number of aldehydes is 1. The highest BCUT2D eigenvalue weighted by molar-refractivity contribution is 5.76. The lowest BCUT2D eigenvalue weighted by atomic mass is 10.3. The molecule has 1 aromatic rings. The van der Waals surface area contributed by atoms with E-state index >= 15 is 0 Å². The van der Waals surface area contributed by atoms with Gasteiger partial charge >= 0.3 is 0 Å². The second kappa shape index (κ2) is 3.21. The molecule has 0 aliphatic rings. The van der Waals surface area contributed by atoms with Crippen LogP contribution in [0.5, 0.6) is 5.75 Å². The number of H-pyrrole nitrogens is 1. The summed E-state index contributed by atoms with van der Waals surface area (Å²) >= 11 is 0. The minimum atomic E-state index is -0.282. The third-order valence-corrected chi connectivity index (χ3v) is 1.47. The Kier molecular flexibility index (Phi) is 2.28. The van der Waals surface area contributed by atoms with Crippen molar-refractivity contribution in [1.29, 1.82) is 0 Å². The fourth-order valence-corrected chi connectivity index (χ4v) is 0.994. The minimum absolute atomic E-state index is 0.0654. The SMILES string of the molecule is COc1c(C=O)[nH]c(C)cc1=O. The molecule has 0 spiro atoms. The van der Waals surface area contributed by atoms with E-state index in [0.29, 0.717) is 12.0 Å². The van der Waals surface area contributed by atoms with Gasteiger partial charge in [-0.2, -0.15) is 0 Å². The summed E-state index contributed by atoms with van der Waals surface area (Å²) in [6.07, 6.45) is 0.563. The fraction of sp³-hybridized carbons (Fsp3) is 0.250. The zero-order chi connectivity index (χ0) is 9.14. The predicted octanol–water partition coefficient (Wildman–Crippen LogP) is 0.504. The Morgan fingerprint density at radius 2 is 2.25 bits per heavy atom. The Balaban J connectivity index is 3.44. The standard InChI is InChI=1S/C8H9NO3/c1-5-3-7(11)8(12-2)6(4-10)9-5/h3-4H,1-2H3,(H,9,11). The molecular weight excluding hydrogens is 158 g/mol. The van der Waals surface area contributed by atoms with Gasteiger partial charge in [0, 0.05) is 11.8 Å². The van der Waals surface area contributed by atoms with Gasteiger partial charge < -0.3 is 9.72 Å². The number of hydrogen-bond donors (Lipinski definition) is 1. The van der Waals surface area contributed by atoms with Crippen molar-refractivity contribution >= 4 is 6.29 Å². The van der Waals surface area contributed by atoms with E-state index < -0.39 is 0 Å². The third kappa shape index (κ3) is 1.37. The average Bonchev–Trinajstić information content (AvgIpc) is 2.03. The summed E-state index contributed by atoms with van der Waals surface area (Å²) in [4.78, 5) is 24.3. The van der Waals surface area contributed by atoms with E-state index in [1.807, 2.05) is 0 Å². The number of carbonyl (C=O) groups excluding carboxylic acids is 1. The van der Waals surface area contributed by atoms with Crippen LogP contribution in [0.2, 0.25) is 0 Å². The molecular formula is C8H9NO3. The molecule has 0 aromatic carbocycles. The van der Waals surface area contributed by atoms with E-state index in [0.717, 1.165) is 0 Å².